The molecule has 3 aromatic rings. The molecule has 0 radical (unpaired) electrons. The lowest BCUT2D eigenvalue weighted by molar-refractivity contribution is -0.316. The Hall–Kier alpha value is -3.18. The molecule has 0 saturated carbocycles. The Balaban J connectivity index is 1.58. The van der Waals surface area contributed by atoms with E-state index in [0.29, 0.717) is 26.2 Å². The highest BCUT2D eigenvalue weighted by molar-refractivity contribution is 5.26. The minimum absolute atomic E-state index is 0.351. The molecule has 1 fully saturated rings. The first-order valence-corrected chi connectivity index (χ1v) is 12.4. The monoisotopic (exact) mass is 502 g/mol. The SMILES string of the molecule is C#CC[C@H]1O[C@H](OC)[C@H](OCc2ccccc2)[C@@H](OCc2ccccc2)[C@@H]1OCc1ccc(OC)cc1. The average molecular weight is 503 g/mol. The summed E-state index contributed by atoms with van der Waals surface area (Å²) in [5.74, 6) is 3.51. The van der Waals surface area contributed by atoms with Crippen LogP contribution in [0, 0.1) is 12.3 Å². The number of ether oxygens (including phenoxy) is 6. The minimum atomic E-state index is -0.663. The van der Waals surface area contributed by atoms with Crippen molar-refractivity contribution in [2.75, 3.05) is 14.2 Å². The lowest BCUT2D eigenvalue weighted by atomic mass is 9.95. The smallest absolute Gasteiger partial charge is 0.186 e. The van der Waals surface area contributed by atoms with Gasteiger partial charge in [0.2, 0.25) is 0 Å². The number of hydrogen-bond donors (Lipinski definition) is 0. The van der Waals surface area contributed by atoms with Crippen molar-refractivity contribution < 1.29 is 28.4 Å². The molecule has 0 unspecified atom stereocenters. The highest BCUT2D eigenvalue weighted by atomic mass is 16.7. The van der Waals surface area contributed by atoms with E-state index in [2.05, 4.69) is 5.92 Å². The molecular formula is C31H34O6. The van der Waals surface area contributed by atoms with Gasteiger partial charge < -0.3 is 28.4 Å². The fraction of sp³-hybridized carbons (Fsp3) is 0.355. The molecule has 1 aliphatic heterocycles. The molecule has 5 atom stereocenters. The molecule has 0 amide bonds. The van der Waals surface area contributed by atoms with Gasteiger partial charge in [-0.05, 0) is 28.8 Å². The van der Waals surface area contributed by atoms with Crippen LogP contribution in [0.1, 0.15) is 23.1 Å². The van der Waals surface area contributed by atoms with E-state index < -0.39 is 30.7 Å². The predicted octanol–water partition coefficient (Wildman–Crippen LogP) is 5.15. The molecule has 0 spiro atoms. The Bertz CT molecular complexity index is 1100. The van der Waals surface area contributed by atoms with E-state index in [1.807, 2.05) is 84.9 Å². The van der Waals surface area contributed by atoms with Gasteiger partial charge in [0.15, 0.2) is 6.29 Å². The molecule has 1 aliphatic rings. The van der Waals surface area contributed by atoms with Crippen molar-refractivity contribution >= 4 is 0 Å². The van der Waals surface area contributed by atoms with Crippen molar-refractivity contribution in [2.45, 2.75) is 56.9 Å². The summed E-state index contributed by atoms with van der Waals surface area (Å²) in [6.07, 6.45) is 3.47. The summed E-state index contributed by atoms with van der Waals surface area (Å²) < 4.78 is 36.6. The molecule has 0 N–H and O–H groups in total. The fourth-order valence-electron chi connectivity index (χ4n) is 4.36. The Morgan fingerprint density at radius 3 is 1.70 bits per heavy atom. The largest absolute Gasteiger partial charge is 0.497 e. The summed E-state index contributed by atoms with van der Waals surface area (Å²) in [5, 5.41) is 0. The number of terminal acetylenes is 1. The summed E-state index contributed by atoms with van der Waals surface area (Å²) >= 11 is 0. The number of rotatable bonds is 12. The second kappa shape index (κ2) is 13.9. The molecule has 4 rings (SSSR count). The van der Waals surface area contributed by atoms with Gasteiger partial charge >= 0.3 is 0 Å². The van der Waals surface area contributed by atoms with Gasteiger partial charge in [0, 0.05) is 13.5 Å². The second-order valence-corrected chi connectivity index (χ2v) is 8.83. The minimum Gasteiger partial charge on any atom is -0.497 e. The van der Waals surface area contributed by atoms with E-state index in [-0.39, 0.29) is 0 Å². The van der Waals surface area contributed by atoms with Gasteiger partial charge in [-0.3, -0.25) is 0 Å². The lowest BCUT2D eigenvalue weighted by Crippen LogP contribution is -2.60. The number of benzene rings is 3. The molecule has 1 saturated heterocycles. The first-order chi connectivity index (χ1) is 18.2. The summed E-state index contributed by atoms with van der Waals surface area (Å²) in [7, 11) is 3.25. The van der Waals surface area contributed by atoms with Gasteiger partial charge in [-0.1, -0.05) is 72.8 Å². The third-order valence-electron chi connectivity index (χ3n) is 6.31. The normalized spacial score (nSPS) is 23.3. The Morgan fingerprint density at radius 2 is 1.19 bits per heavy atom. The van der Waals surface area contributed by atoms with Crippen LogP contribution in [-0.4, -0.2) is 44.9 Å². The van der Waals surface area contributed by atoms with E-state index >= 15 is 0 Å². The standard InChI is InChI=1S/C31H34O6/c1-4-11-27-28(34-22-25-16-18-26(32-2)19-17-25)29(35-20-23-12-7-5-8-13-23)30(31(33-3)37-27)36-21-24-14-9-6-10-15-24/h1,5-10,12-19,27-31H,11,20-22H2,2-3H3/t27-,28-,29+,30-,31+/m1/s1. The summed E-state index contributed by atoms with van der Waals surface area (Å²) in [4.78, 5) is 0. The fourth-order valence-corrected chi connectivity index (χ4v) is 4.36. The molecule has 6 heteroatoms. The van der Waals surface area contributed by atoms with Crippen molar-refractivity contribution in [3.63, 3.8) is 0 Å². The topological polar surface area (TPSA) is 55.4 Å². The van der Waals surface area contributed by atoms with Gasteiger partial charge in [0.25, 0.3) is 0 Å². The highest BCUT2D eigenvalue weighted by Gasteiger charge is 2.48. The van der Waals surface area contributed by atoms with Crippen LogP contribution in [0.4, 0.5) is 0 Å². The zero-order valence-electron chi connectivity index (χ0n) is 21.3. The molecule has 1 heterocycles. The van der Waals surface area contributed by atoms with E-state index in [0.717, 1.165) is 22.4 Å². The van der Waals surface area contributed by atoms with Crippen LogP contribution in [-0.2, 0) is 43.5 Å². The van der Waals surface area contributed by atoms with Gasteiger partial charge in [0.1, 0.15) is 30.2 Å². The van der Waals surface area contributed by atoms with E-state index in [1.165, 1.54) is 0 Å². The maximum atomic E-state index is 6.52. The molecule has 6 nitrogen and oxygen atoms in total. The van der Waals surface area contributed by atoms with Crippen LogP contribution in [0.2, 0.25) is 0 Å². The van der Waals surface area contributed by atoms with Gasteiger partial charge in [0.05, 0.1) is 26.9 Å². The third kappa shape index (κ3) is 7.42. The van der Waals surface area contributed by atoms with Crippen LogP contribution in [0.3, 0.4) is 0 Å². The predicted molar refractivity (Wildman–Crippen MR) is 141 cm³/mol. The Morgan fingerprint density at radius 1 is 0.676 bits per heavy atom. The van der Waals surface area contributed by atoms with Crippen LogP contribution in [0.15, 0.2) is 84.9 Å². The molecule has 37 heavy (non-hydrogen) atoms. The van der Waals surface area contributed by atoms with E-state index in [1.54, 1.807) is 14.2 Å². The zero-order chi connectivity index (χ0) is 25.9. The Kier molecular flexibility index (Phi) is 10.1. The van der Waals surface area contributed by atoms with Gasteiger partial charge in [-0.2, -0.15) is 0 Å². The van der Waals surface area contributed by atoms with Gasteiger partial charge in [-0.25, -0.2) is 0 Å². The molecule has 3 aromatic carbocycles. The number of hydrogen-bond acceptors (Lipinski definition) is 6. The quantitative estimate of drug-likeness (QED) is 0.320. The Labute approximate surface area is 219 Å². The van der Waals surface area contributed by atoms with Gasteiger partial charge in [-0.15, -0.1) is 12.3 Å². The van der Waals surface area contributed by atoms with Crippen molar-refractivity contribution in [1.82, 2.24) is 0 Å². The average Bonchev–Trinajstić information content (AvgIpc) is 2.96. The van der Waals surface area contributed by atoms with Crippen molar-refractivity contribution in [2.24, 2.45) is 0 Å². The van der Waals surface area contributed by atoms with E-state index in [9.17, 15) is 0 Å². The molecular weight excluding hydrogens is 468 g/mol. The maximum absolute atomic E-state index is 6.52. The summed E-state index contributed by atoms with van der Waals surface area (Å²) in [5.41, 5.74) is 3.09. The third-order valence-corrected chi connectivity index (χ3v) is 6.31. The summed E-state index contributed by atoms with van der Waals surface area (Å²) in [6, 6.07) is 27.8. The molecule has 0 aromatic heterocycles. The highest BCUT2D eigenvalue weighted by Crippen LogP contribution is 2.32. The molecule has 0 bridgehead atoms. The van der Waals surface area contributed by atoms with Crippen molar-refractivity contribution in [3.8, 4) is 18.1 Å². The maximum Gasteiger partial charge on any atom is 0.186 e. The van der Waals surface area contributed by atoms with Crippen molar-refractivity contribution in [1.29, 1.82) is 0 Å². The van der Waals surface area contributed by atoms with Crippen LogP contribution >= 0.6 is 0 Å². The van der Waals surface area contributed by atoms with Crippen molar-refractivity contribution in [3.05, 3.63) is 102 Å². The summed E-state index contributed by atoms with van der Waals surface area (Å²) in [6.45, 7) is 1.12. The lowest BCUT2D eigenvalue weighted by Gasteiger charge is -2.45. The molecule has 194 valence electrons. The van der Waals surface area contributed by atoms with Crippen LogP contribution in [0.25, 0.3) is 0 Å². The second-order valence-electron chi connectivity index (χ2n) is 8.83. The number of methoxy groups -OCH3 is 2. The zero-order valence-corrected chi connectivity index (χ0v) is 21.3. The van der Waals surface area contributed by atoms with E-state index in [4.69, 9.17) is 34.8 Å². The van der Waals surface area contributed by atoms with Crippen LogP contribution in [0.5, 0.6) is 5.75 Å². The molecule has 0 aliphatic carbocycles. The first-order valence-electron chi connectivity index (χ1n) is 12.4. The van der Waals surface area contributed by atoms with Crippen LogP contribution < -0.4 is 4.74 Å². The first kappa shape index (κ1) is 26.9.